The van der Waals surface area contributed by atoms with Crippen LogP contribution in [0.15, 0.2) is 60.9 Å². The molecule has 4 nitrogen and oxygen atoms in total. The Hall–Kier alpha value is -3.14. The van der Waals surface area contributed by atoms with Crippen LogP contribution < -0.4 is 10.1 Å². The number of benzene rings is 2. The number of carbonyl (C=O) groups excluding carboxylic acids is 1. The zero-order chi connectivity index (χ0) is 17.9. The maximum absolute atomic E-state index is 11.9. The predicted molar refractivity (Wildman–Crippen MR) is 102 cm³/mol. The number of hydrogen-bond donors (Lipinski definition) is 1. The summed E-state index contributed by atoms with van der Waals surface area (Å²) in [4.78, 5) is 16.1. The van der Waals surface area contributed by atoms with Gasteiger partial charge in [0.05, 0.1) is 12.8 Å². The van der Waals surface area contributed by atoms with Crippen molar-refractivity contribution in [1.29, 1.82) is 0 Å². The monoisotopic (exact) mass is 344 g/mol. The Kier molecular flexibility index (Phi) is 4.40. The van der Waals surface area contributed by atoms with Gasteiger partial charge in [-0.25, -0.2) is 0 Å². The highest BCUT2D eigenvalue weighted by atomic mass is 16.5. The van der Waals surface area contributed by atoms with Crippen LogP contribution in [-0.2, 0) is 17.6 Å². The van der Waals surface area contributed by atoms with Crippen molar-refractivity contribution < 1.29 is 9.53 Å². The van der Waals surface area contributed by atoms with Gasteiger partial charge in [0.15, 0.2) is 0 Å². The Morgan fingerprint density at radius 1 is 1.08 bits per heavy atom. The fourth-order valence-electron chi connectivity index (χ4n) is 3.39. The summed E-state index contributed by atoms with van der Waals surface area (Å²) in [6, 6.07) is 16.5. The first-order valence-corrected chi connectivity index (χ1v) is 8.72. The number of nitrogens with zero attached hydrogens (tertiary/aromatic N) is 1. The number of pyridine rings is 1. The van der Waals surface area contributed by atoms with Gasteiger partial charge in [-0.15, -0.1) is 0 Å². The number of amides is 1. The first-order chi connectivity index (χ1) is 12.7. The van der Waals surface area contributed by atoms with E-state index in [1.54, 1.807) is 13.3 Å². The molecule has 0 radical (unpaired) electrons. The van der Waals surface area contributed by atoms with E-state index < -0.39 is 0 Å². The standard InChI is InChI=1S/C22H20N2O2/c1-26-19-7-4-15(5-8-19)11-16-12-17-6-9-21(25)24-22(17)20(13-16)18-3-2-10-23-14-18/h2-5,7-8,10,12-14H,6,9,11H2,1H3,(H,24,25). The minimum absolute atomic E-state index is 0.0746. The highest BCUT2D eigenvalue weighted by Gasteiger charge is 2.20. The topological polar surface area (TPSA) is 51.2 Å². The normalized spacial score (nSPS) is 13.0. The molecule has 2 heterocycles. The summed E-state index contributed by atoms with van der Waals surface area (Å²) in [6.07, 6.45) is 5.73. The number of rotatable bonds is 4. The lowest BCUT2D eigenvalue weighted by Crippen LogP contribution is -2.20. The molecule has 1 aliphatic heterocycles. The van der Waals surface area contributed by atoms with Crippen LogP contribution in [0.2, 0.25) is 0 Å². The van der Waals surface area contributed by atoms with E-state index >= 15 is 0 Å². The molecule has 130 valence electrons. The van der Waals surface area contributed by atoms with Crippen molar-refractivity contribution in [2.75, 3.05) is 12.4 Å². The van der Waals surface area contributed by atoms with E-state index in [0.29, 0.717) is 6.42 Å². The van der Waals surface area contributed by atoms with Gasteiger partial charge >= 0.3 is 0 Å². The summed E-state index contributed by atoms with van der Waals surface area (Å²) in [7, 11) is 1.67. The van der Waals surface area contributed by atoms with Crippen LogP contribution in [0, 0.1) is 0 Å². The van der Waals surface area contributed by atoms with Gasteiger partial charge in [0, 0.05) is 29.9 Å². The minimum Gasteiger partial charge on any atom is -0.497 e. The van der Waals surface area contributed by atoms with Crippen LogP contribution in [0.4, 0.5) is 5.69 Å². The van der Waals surface area contributed by atoms with Gasteiger partial charge in [-0.1, -0.05) is 24.3 Å². The third kappa shape index (κ3) is 3.31. The third-order valence-corrected chi connectivity index (χ3v) is 4.71. The lowest BCUT2D eigenvalue weighted by atomic mass is 9.91. The lowest BCUT2D eigenvalue weighted by molar-refractivity contribution is -0.116. The van der Waals surface area contributed by atoms with Crippen molar-refractivity contribution >= 4 is 11.6 Å². The molecular formula is C22H20N2O2. The molecule has 0 unspecified atom stereocenters. The van der Waals surface area contributed by atoms with Gasteiger partial charge in [-0.05, 0) is 53.8 Å². The first-order valence-electron chi connectivity index (χ1n) is 8.72. The second-order valence-electron chi connectivity index (χ2n) is 6.49. The molecule has 3 aromatic rings. The number of aromatic nitrogens is 1. The molecular weight excluding hydrogens is 324 g/mol. The van der Waals surface area contributed by atoms with Gasteiger partial charge in [-0.2, -0.15) is 0 Å². The van der Waals surface area contributed by atoms with Crippen LogP contribution in [-0.4, -0.2) is 18.0 Å². The number of hydrogen-bond acceptors (Lipinski definition) is 3. The van der Waals surface area contributed by atoms with Gasteiger partial charge in [0.2, 0.25) is 5.91 Å². The fraction of sp³-hybridized carbons (Fsp3) is 0.182. The van der Waals surface area contributed by atoms with Crippen LogP contribution in [0.3, 0.4) is 0 Å². The fourth-order valence-corrected chi connectivity index (χ4v) is 3.39. The summed E-state index contributed by atoms with van der Waals surface area (Å²) in [5, 5.41) is 3.05. The van der Waals surface area contributed by atoms with Crippen molar-refractivity contribution in [2.24, 2.45) is 0 Å². The number of methoxy groups -OCH3 is 1. The highest BCUT2D eigenvalue weighted by Crippen LogP contribution is 2.36. The zero-order valence-corrected chi connectivity index (χ0v) is 14.7. The van der Waals surface area contributed by atoms with Crippen molar-refractivity contribution in [2.45, 2.75) is 19.3 Å². The van der Waals surface area contributed by atoms with Crippen LogP contribution >= 0.6 is 0 Å². The SMILES string of the molecule is COc1ccc(Cc2cc3c(c(-c4cccnc4)c2)NC(=O)CC3)cc1. The molecule has 0 spiro atoms. The number of fused-ring (bicyclic) bond motifs is 1. The van der Waals surface area contributed by atoms with E-state index in [0.717, 1.165) is 35.4 Å². The summed E-state index contributed by atoms with van der Waals surface area (Å²) in [5.74, 6) is 0.934. The second-order valence-corrected chi connectivity index (χ2v) is 6.49. The molecule has 4 rings (SSSR count). The van der Waals surface area contributed by atoms with Crippen LogP contribution in [0.1, 0.15) is 23.1 Å². The number of aryl methyl sites for hydroxylation is 1. The minimum atomic E-state index is 0.0746. The van der Waals surface area contributed by atoms with E-state index in [9.17, 15) is 4.79 Å². The van der Waals surface area contributed by atoms with E-state index in [-0.39, 0.29) is 5.91 Å². The molecule has 1 aliphatic rings. The molecule has 2 aromatic carbocycles. The van der Waals surface area contributed by atoms with Gasteiger partial charge < -0.3 is 10.1 Å². The highest BCUT2D eigenvalue weighted by molar-refractivity contribution is 5.99. The molecule has 0 saturated heterocycles. The first kappa shape index (κ1) is 16.3. The Morgan fingerprint density at radius 2 is 1.92 bits per heavy atom. The lowest BCUT2D eigenvalue weighted by Gasteiger charge is -2.22. The quantitative estimate of drug-likeness (QED) is 0.770. The van der Waals surface area contributed by atoms with Crippen molar-refractivity contribution in [3.8, 4) is 16.9 Å². The van der Waals surface area contributed by atoms with Crippen molar-refractivity contribution in [3.05, 3.63) is 77.6 Å². The average molecular weight is 344 g/mol. The second kappa shape index (κ2) is 7.00. The smallest absolute Gasteiger partial charge is 0.224 e. The number of nitrogens with one attached hydrogen (secondary N) is 1. The van der Waals surface area contributed by atoms with Crippen molar-refractivity contribution in [3.63, 3.8) is 0 Å². The van der Waals surface area contributed by atoms with Gasteiger partial charge in [0.25, 0.3) is 0 Å². The molecule has 1 amide bonds. The molecule has 0 fully saturated rings. The van der Waals surface area contributed by atoms with E-state index in [1.807, 2.05) is 30.5 Å². The van der Waals surface area contributed by atoms with E-state index in [2.05, 4.69) is 34.6 Å². The van der Waals surface area contributed by atoms with Gasteiger partial charge in [-0.3, -0.25) is 9.78 Å². The largest absolute Gasteiger partial charge is 0.497 e. The Balaban J connectivity index is 1.75. The number of ether oxygens (including phenoxy) is 1. The van der Waals surface area contributed by atoms with Gasteiger partial charge in [0.1, 0.15) is 5.75 Å². The molecule has 26 heavy (non-hydrogen) atoms. The van der Waals surface area contributed by atoms with Crippen LogP contribution in [0.5, 0.6) is 5.75 Å². The Bertz CT molecular complexity index is 934. The molecule has 0 aliphatic carbocycles. The predicted octanol–water partition coefficient (Wildman–Crippen LogP) is 4.23. The van der Waals surface area contributed by atoms with Crippen LogP contribution in [0.25, 0.3) is 11.1 Å². The van der Waals surface area contributed by atoms with E-state index in [4.69, 9.17) is 4.74 Å². The molecule has 0 saturated carbocycles. The third-order valence-electron chi connectivity index (χ3n) is 4.71. The molecule has 1 aromatic heterocycles. The summed E-state index contributed by atoms with van der Waals surface area (Å²) in [5.41, 5.74) is 6.61. The Morgan fingerprint density at radius 3 is 2.65 bits per heavy atom. The molecule has 4 heteroatoms. The molecule has 0 bridgehead atoms. The maximum Gasteiger partial charge on any atom is 0.224 e. The number of carbonyl (C=O) groups is 1. The summed E-state index contributed by atoms with van der Waals surface area (Å²) >= 11 is 0. The molecule has 1 N–H and O–H groups in total. The number of anilines is 1. The molecule has 0 atom stereocenters. The Labute approximate surface area is 152 Å². The average Bonchev–Trinajstić information content (AvgIpc) is 2.69. The van der Waals surface area contributed by atoms with E-state index in [1.165, 1.54) is 16.7 Å². The zero-order valence-electron chi connectivity index (χ0n) is 14.7. The summed E-state index contributed by atoms with van der Waals surface area (Å²) in [6.45, 7) is 0. The maximum atomic E-state index is 11.9. The summed E-state index contributed by atoms with van der Waals surface area (Å²) < 4.78 is 5.23. The van der Waals surface area contributed by atoms with Crippen molar-refractivity contribution in [1.82, 2.24) is 4.98 Å².